The van der Waals surface area contributed by atoms with E-state index in [1.54, 1.807) is 20.8 Å². The molecule has 0 rings (SSSR count). The van der Waals surface area contributed by atoms with Crippen LogP contribution < -0.4 is 5.32 Å². The van der Waals surface area contributed by atoms with Crippen LogP contribution in [0.3, 0.4) is 0 Å². The number of ketones is 1. The lowest BCUT2D eigenvalue weighted by atomic mass is 9.89. The van der Waals surface area contributed by atoms with Crippen LogP contribution in [0.15, 0.2) is 0 Å². The van der Waals surface area contributed by atoms with Crippen LogP contribution in [0.2, 0.25) is 0 Å². The fourth-order valence-electron chi connectivity index (χ4n) is 3.13. The zero-order valence-electron chi connectivity index (χ0n) is 21.1. The van der Waals surface area contributed by atoms with Gasteiger partial charge in [-0.3, -0.25) is 14.4 Å². The summed E-state index contributed by atoms with van der Waals surface area (Å²) in [5.41, 5.74) is -0.705. The maximum atomic E-state index is 13.0. The smallest absolute Gasteiger partial charge is 0.408 e. The summed E-state index contributed by atoms with van der Waals surface area (Å²) in [7, 11) is 1.30. The first-order valence-electron chi connectivity index (χ1n) is 11.6. The van der Waals surface area contributed by atoms with Crippen molar-refractivity contribution in [1.29, 1.82) is 0 Å². The number of unbranched alkanes of at least 4 members (excludes halogenated alkanes) is 1. The van der Waals surface area contributed by atoms with E-state index in [1.807, 2.05) is 27.7 Å². The number of hydrogen-bond acceptors (Lipinski definition) is 7. The number of carbonyl (C=O) groups is 4. The number of methoxy groups -OCH3 is 1. The molecule has 32 heavy (non-hydrogen) atoms. The molecule has 0 saturated heterocycles. The van der Waals surface area contributed by atoms with Gasteiger partial charge in [-0.1, -0.05) is 27.2 Å². The maximum absolute atomic E-state index is 13.0. The molecular weight excluding hydrogens is 414 g/mol. The number of hydrogen-bond donors (Lipinski definition) is 1. The number of ether oxygens (including phenoxy) is 3. The molecule has 0 fully saturated rings. The van der Waals surface area contributed by atoms with Gasteiger partial charge in [0.05, 0.1) is 25.2 Å². The van der Waals surface area contributed by atoms with E-state index < -0.39 is 29.6 Å². The topological polar surface area (TPSA) is 108 Å². The van der Waals surface area contributed by atoms with Crippen LogP contribution in [-0.2, 0) is 28.6 Å². The highest BCUT2D eigenvalue weighted by Gasteiger charge is 2.29. The van der Waals surface area contributed by atoms with Crippen molar-refractivity contribution in [3.8, 4) is 0 Å². The van der Waals surface area contributed by atoms with Crippen LogP contribution in [0.4, 0.5) is 4.79 Å². The highest BCUT2D eigenvalue weighted by molar-refractivity contribution is 5.90. The molecule has 1 N–H and O–H groups in total. The van der Waals surface area contributed by atoms with E-state index >= 15 is 0 Å². The summed E-state index contributed by atoms with van der Waals surface area (Å²) >= 11 is 0. The average Bonchev–Trinajstić information content (AvgIpc) is 2.66. The minimum atomic E-state index is -0.810. The predicted molar refractivity (Wildman–Crippen MR) is 122 cm³/mol. The molecule has 0 saturated carbocycles. The summed E-state index contributed by atoms with van der Waals surface area (Å²) in [6, 6.07) is -0.810. The largest absolute Gasteiger partial charge is 0.469 e. The number of esters is 2. The molecule has 0 aliphatic heterocycles. The average molecular weight is 458 g/mol. The van der Waals surface area contributed by atoms with Crippen molar-refractivity contribution in [1.82, 2.24) is 5.32 Å². The molecule has 0 aromatic carbocycles. The van der Waals surface area contributed by atoms with Gasteiger partial charge >= 0.3 is 18.0 Å². The van der Waals surface area contributed by atoms with Crippen molar-refractivity contribution in [2.75, 3.05) is 7.11 Å². The minimum absolute atomic E-state index is 0.0264. The first-order valence-corrected chi connectivity index (χ1v) is 11.6. The van der Waals surface area contributed by atoms with E-state index in [0.29, 0.717) is 25.7 Å². The summed E-state index contributed by atoms with van der Waals surface area (Å²) in [5, 5.41) is 2.64. The van der Waals surface area contributed by atoms with Gasteiger partial charge in [0.1, 0.15) is 5.60 Å². The van der Waals surface area contributed by atoms with Gasteiger partial charge in [-0.2, -0.15) is 0 Å². The predicted octanol–water partition coefficient (Wildman–Crippen LogP) is 4.58. The molecular formula is C24H43NO7. The van der Waals surface area contributed by atoms with Gasteiger partial charge in [-0.05, 0) is 59.3 Å². The summed E-state index contributed by atoms with van der Waals surface area (Å²) in [5.74, 6) is -1.32. The zero-order chi connectivity index (χ0) is 24.9. The van der Waals surface area contributed by atoms with Crippen molar-refractivity contribution in [3.05, 3.63) is 0 Å². The minimum Gasteiger partial charge on any atom is -0.469 e. The third-order valence-corrected chi connectivity index (χ3v) is 4.85. The number of amides is 1. The number of Topliss-reactive ketones (excluding diaryl/α,β-unsaturated/α-hetero) is 1. The Balaban J connectivity index is 5.08. The zero-order valence-corrected chi connectivity index (χ0v) is 21.1. The third kappa shape index (κ3) is 14.0. The summed E-state index contributed by atoms with van der Waals surface area (Å²) in [6.45, 7) is 12.9. The third-order valence-electron chi connectivity index (χ3n) is 4.85. The molecule has 0 aromatic heterocycles. The lowest BCUT2D eigenvalue weighted by Gasteiger charge is -2.24. The van der Waals surface area contributed by atoms with Crippen molar-refractivity contribution in [2.24, 2.45) is 11.8 Å². The quantitative estimate of drug-likeness (QED) is 0.231. The Hall–Kier alpha value is -2.12. The Morgan fingerprint density at radius 1 is 1.00 bits per heavy atom. The lowest BCUT2D eigenvalue weighted by Crippen LogP contribution is -2.44. The van der Waals surface area contributed by atoms with Crippen LogP contribution in [0.5, 0.6) is 0 Å². The van der Waals surface area contributed by atoms with Gasteiger partial charge < -0.3 is 19.5 Å². The Kier molecular flexibility index (Phi) is 13.9. The molecule has 1 unspecified atom stereocenters. The van der Waals surface area contributed by atoms with Crippen molar-refractivity contribution < 1.29 is 33.4 Å². The standard InChI is InChI=1S/C24H43NO7/c1-9-17(4)31-21(27)13-11-10-12-19(25-23(29)32-24(5,6)7)20(26)15-18(14-16(2)3)22(28)30-8/h16-19H,9-15H2,1-8H3,(H,25,29)/t17?,18-,19-/m0/s1. The van der Waals surface area contributed by atoms with E-state index in [2.05, 4.69) is 5.32 Å². The normalized spacial score (nSPS) is 14.3. The molecule has 0 radical (unpaired) electrons. The second-order valence-corrected chi connectivity index (χ2v) is 9.67. The van der Waals surface area contributed by atoms with Gasteiger partial charge in [0.15, 0.2) is 5.78 Å². The maximum Gasteiger partial charge on any atom is 0.408 e. The van der Waals surface area contributed by atoms with Crippen molar-refractivity contribution in [2.45, 2.75) is 111 Å². The molecule has 8 heteroatoms. The molecule has 3 atom stereocenters. The molecule has 0 spiro atoms. The molecule has 0 aliphatic rings. The van der Waals surface area contributed by atoms with Crippen LogP contribution in [0, 0.1) is 11.8 Å². The van der Waals surface area contributed by atoms with Gasteiger partial charge in [0, 0.05) is 12.8 Å². The van der Waals surface area contributed by atoms with Gasteiger partial charge in [-0.25, -0.2) is 4.79 Å². The molecule has 0 heterocycles. The highest BCUT2D eigenvalue weighted by atomic mass is 16.6. The molecule has 0 aromatic rings. The molecule has 0 aliphatic carbocycles. The van der Waals surface area contributed by atoms with Crippen LogP contribution in [-0.4, -0.2) is 48.7 Å². The molecule has 0 bridgehead atoms. The SMILES string of the molecule is CCC(C)OC(=O)CCCC[C@H](NC(=O)OC(C)(C)C)C(=O)C[C@H](CC(C)C)C(=O)OC. The Morgan fingerprint density at radius 2 is 1.62 bits per heavy atom. The lowest BCUT2D eigenvalue weighted by molar-refractivity contribution is -0.149. The molecule has 186 valence electrons. The number of rotatable bonds is 14. The van der Waals surface area contributed by atoms with E-state index in [1.165, 1.54) is 7.11 Å². The second-order valence-electron chi connectivity index (χ2n) is 9.67. The van der Waals surface area contributed by atoms with Crippen LogP contribution in [0.25, 0.3) is 0 Å². The van der Waals surface area contributed by atoms with Gasteiger partial charge in [-0.15, -0.1) is 0 Å². The van der Waals surface area contributed by atoms with Gasteiger partial charge in [0.25, 0.3) is 0 Å². The Bertz CT molecular complexity index is 610. The monoisotopic (exact) mass is 457 g/mol. The summed E-state index contributed by atoms with van der Waals surface area (Å²) in [4.78, 5) is 49.2. The fourth-order valence-corrected chi connectivity index (χ4v) is 3.13. The molecule has 1 amide bonds. The second kappa shape index (κ2) is 14.9. The summed E-state index contributed by atoms with van der Waals surface area (Å²) < 4.78 is 15.4. The Labute approximate surface area is 193 Å². The van der Waals surface area contributed by atoms with Crippen LogP contribution in [0.1, 0.15) is 93.4 Å². The fraction of sp³-hybridized carbons (Fsp3) is 0.833. The van der Waals surface area contributed by atoms with E-state index in [0.717, 1.165) is 6.42 Å². The number of alkyl carbamates (subject to hydrolysis) is 1. The van der Waals surface area contributed by atoms with Crippen molar-refractivity contribution in [3.63, 3.8) is 0 Å². The van der Waals surface area contributed by atoms with E-state index in [9.17, 15) is 19.2 Å². The first kappa shape index (κ1) is 29.9. The number of carbonyl (C=O) groups excluding carboxylic acids is 4. The van der Waals surface area contributed by atoms with E-state index in [-0.39, 0.29) is 36.6 Å². The Morgan fingerprint density at radius 3 is 2.12 bits per heavy atom. The molecule has 8 nitrogen and oxygen atoms in total. The van der Waals surface area contributed by atoms with Gasteiger partial charge in [0.2, 0.25) is 0 Å². The number of nitrogens with one attached hydrogen (secondary N) is 1. The van der Waals surface area contributed by atoms with E-state index in [4.69, 9.17) is 14.2 Å². The summed E-state index contributed by atoms with van der Waals surface area (Å²) in [6.07, 6.45) is 2.07. The van der Waals surface area contributed by atoms with Crippen LogP contribution >= 0.6 is 0 Å². The highest BCUT2D eigenvalue weighted by Crippen LogP contribution is 2.20. The first-order chi connectivity index (χ1) is 14.8. The van der Waals surface area contributed by atoms with Crippen molar-refractivity contribution >= 4 is 23.8 Å².